The maximum atomic E-state index is 11.8. The first-order chi connectivity index (χ1) is 8.95. The second-order valence-electron chi connectivity index (χ2n) is 4.29. The Labute approximate surface area is 119 Å². The molecular formula is C12H11Cl2NO4. The maximum Gasteiger partial charge on any atom is 0.306 e. The molecule has 1 aliphatic heterocycles. The summed E-state index contributed by atoms with van der Waals surface area (Å²) in [6.07, 6.45) is 0.381. The predicted octanol–water partition coefficient (Wildman–Crippen LogP) is 2.59. The van der Waals surface area contributed by atoms with Crippen LogP contribution in [0.3, 0.4) is 0 Å². The minimum Gasteiger partial charge on any atom is -0.506 e. The van der Waals surface area contributed by atoms with Gasteiger partial charge in [0.05, 0.1) is 28.8 Å². The molecule has 1 heterocycles. The van der Waals surface area contributed by atoms with Gasteiger partial charge in [0.2, 0.25) is 5.91 Å². The van der Waals surface area contributed by atoms with Crippen LogP contribution in [0, 0.1) is 5.92 Å². The normalized spacial score (nSPS) is 18.2. The number of ether oxygens (including phenoxy) is 1. The fourth-order valence-corrected chi connectivity index (χ4v) is 2.12. The Morgan fingerprint density at radius 1 is 1.42 bits per heavy atom. The van der Waals surface area contributed by atoms with Crippen molar-refractivity contribution < 1.29 is 19.4 Å². The average molecular weight is 304 g/mol. The van der Waals surface area contributed by atoms with Crippen LogP contribution in [0.5, 0.6) is 5.75 Å². The molecule has 102 valence electrons. The molecule has 1 saturated heterocycles. The predicted molar refractivity (Wildman–Crippen MR) is 70.4 cm³/mol. The smallest absolute Gasteiger partial charge is 0.306 e. The zero-order valence-electron chi connectivity index (χ0n) is 9.78. The number of esters is 1. The largest absolute Gasteiger partial charge is 0.506 e. The maximum absolute atomic E-state index is 11.8. The van der Waals surface area contributed by atoms with Crippen molar-refractivity contribution in [2.75, 3.05) is 11.9 Å². The molecule has 7 heteroatoms. The van der Waals surface area contributed by atoms with Crippen molar-refractivity contribution in [2.24, 2.45) is 5.92 Å². The summed E-state index contributed by atoms with van der Waals surface area (Å²) < 4.78 is 4.77. The van der Waals surface area contributed by atoms with Gasteiger partial charge in [0.15, 0.2) is 0 Å². The van der Waals surface area contributed by atoms with Crippen molar-refractivity contribution in [3.8, 4) is 5.75 Å². The van der Waals surface area contributed by atoms with Gasteiger partial charge in [0, 0.05) is 18.4 Å². The first-order valence-corrected chi connectivity index (χ1v) is 6.35. The Hall–Kier alpha value is -1.46. The van der Waals surface area contributed by atoms with Gasteiger partial charge in [0.25, 0.3) is 0 Å². The van der Waals surface area contributed by atoms with Crippen molar-refractivity contribution >= 4 is 40.8 Å². The van der Waals surface area contributed by atoms with Crippen LogP contribution < -0.4 is 5.32 Å². The van der Waals surface area contributed by atoms with E-state index in [0.717, 1.165) is 0 Å². The van der Waals surface area contributed by atoms with E-state index in [9.17, 15) is 14.7 Å². The molecule has 5 nitrogen and oxygen atoms in total. The van der Waals surface area contributed by atoms with Gasteiger partial charge in [-0.25, -0.2) is 0 Å². The van der Waals surface area contributed by atoms with Gasteiger partial charge in [-0.15, -0.1) is 0 Å². The molecule has 0 aromatic heterocycles. The molecule has 0 aliphatic carbocycles. The van der Waals surface area contributed by atoms with Gasteiger partial charge in [-0.1, -0.05) is 23.2 Å². The molecule has 1 aromatic carbocycles. The number of nitrogens with one attached hydrogen (secondary N) is 1. The highest BCUT2D eigenvalue weighted by atomic mass is 35.5. The van der Waals surface area contributed by atoms with E-state index in [0.29, 0.717) is 0 Å². The Morgan fingerprint density at radius 2 is 2.11 bits per heavy atom. The molecule has 0 radical (unpaired) electrons. The van der Waals surface area contributed by atoms with Crippen molar-refractivity contribution in [2.45, 2.75) is 12.8 Å². The summed E-state index contributed by atoms with van der Waals surface area (Å²) >= 11 is 11.5. The van der Waals surface area contributed by atoms with Crippen LogP contribution in [0.15, 0.2) is 12.1 Å². The quantitative estimate of drug-likeness (QED) is 0.665. The van der Waals surface area contributed by atoms with Gasteiger partial charge >= 0.3 is 5.97 Å². The van der Waals surface area contributed by atoms with Gasteiger partial charge in [-0.05, 0) is 6.07 Å². The molecule has 1 amide bonds. The molecule has 1 aromatic rings. The number of phenolic OH excluding ortho intramolecular Hbond substituents is 1. The number of halogens is 2. The monoisotopic (exact) mass is 303 g/mol. The topological polar surface area (TPSA) is 75.6 Å². The van der Waals surface area contributed by atoms with E-state index in [1.165, 1.54) is 12.1 Å². The number of carbonyl (C=O) groups excluding carboxylic acids is 2. The summed E-state index contributed by atoms with van der Waals surface area (Å²) in [4.78, 5) is 22.7. The zero-order chi connectivity index (χ0) is 14.0. The molecule has 0 spiro atoms. The van der Waals surface area contributed by atoms with E-state index in [4.69, 9.17) is 27.9 Å². The zero-order valence-corrected chi connectivity index (χ0v) is 11.3. The van der Waals surface area contributed by atoms with Gasteiger partial charge < -0.3 is 15.2 Å². The molecule has 1 fully saturated rings. The van der Waals surface area contributed by atoms with Gasteiger partial charge in [-0.2, -0.15) is 0 Å². The summed E-state index contributed by atoms with van der Waals surface area (Å²) in [7, 11) is 0. The van der Waals surface area contributed by atoms with Gasteiger partial charge in [-0.3, -0.25) is 9.59 Å². The highest BCUT2D eigenvalue weighted by Crippen LogP contribution is 2.33. The lowest BCUT2D eigenvalue weighted by molar-refractivity contribution is -0.138. The Kier molecular flexibility index (Phi) is 4.17. The summed E-state index contributed by atoms with van der Waals surface area (Å²) in [5.74, 6) is -0.911. The third-order valence-corrected chi connectivity index (χ3v) is 3.44. The lowest BCUT2D eigenvalue weighted by atomic mass is 10.0. The van der Waals surface area contributed by atoms with E-state index >= 15 is 0 Å². The Bertz CT molecular complexity index is 533. The van der Waals surface area contributed by atoms with Crippen molar-refractivity contribution in [1.29, 1.82) is 0 Å². The number of hydrogen-bond acceptors (Lipinski definition) is 4. The molecule has 0 saturated carbocycles. The number of phenols is 1. The molecule has 1 atom stereocenters. The second kappa shape index (κ2) is 5.67. The first-order valence-electron chi connectivity index (χ1n) is 5.59. The second-order valence-corrected chi connectivity index (χ2v) is 5.10. The highest BCUT2D eigenvalue weighted by molar-refractivity contribution is 6.42. The number of amides is 1. The summed E-state index contributed by atoms with van der Waals surface area (Å²) in [5, 5.41) is 12.6. The number of benzene rings is 1. The summed E-state index contributed by atoms with van der Waals surface area (Å²) in [5.41, 5.74) is 0.185. The lowest BCUT2D eigenvalue weighted by Gasteiger charge is -2.10. The molecule has 0 bridgehead atoms. The highest BCUT2D eigenvalue weighted by Gasteiger charge is 2.26. The minimum atomic E-state index is -0.322. The molecule has 19 heavy (non-hydrogen) atoms. The average Bonchev–Trinajstić information content (AvgIpc) is 2.71. The van der Waals surface area contributed by atoms with E-state index in [-0.39, 0.29) is 58.7 Å². The molecule has 2 N–H and O–H groups in total. The molecule has 1 aliphatic rings. The fourth-order valence-electron chi connectivity index (χ4n) is 1.80. The number of hydrogen-bond donors (Lipinski definition) is 2. The van der Waals surface area contributed by atoms with Crippen molar-refractivity contribution in [1.82, 2.24) is 0 Å². The minimum absolute atomic E-state index is 0.127. The summed E-state index contributed by atoms with van der Waals surface area (Å²) in [6.45, 7) is 0.250. The number of rotatable bonds is 3. The van der Waals surface area contributed by atoms with E-state index in [1.54, 1.807) is 0 Å². The number of carbonyl (C=O) groups is 2. The Balaban J connectivity index is 1.99. The van der Waals surface area contributed by atoms with E-state index < -0.39 is 0 Å². The first kappa shape index (κ1) is 14.0. The standard InChI is InChI=1S/C12H11Cl2NO4/c13-7-3-9(10(16)4-8(7)14)15-11(17)1-6-2-12(18)19-5-6/h3-4,6,16H,1-2,5H2,(H,15,17)/t6-/m1/s1. The molecule has 2 rings (SSSR count). The van der Waals surface area contributed by atoms with Crippen LogP contribution in [-0.2, 0) is 14.3 Å². The number of cyclic esters (lactones) is 1. The van der Waals surface area contributed by atoms with Crippen molar-refractivity contribution in [3.05, 3.63) is 22.2 Å². The van der Waals surface area contributed by atoms with Crippen LogP contribution in [0.2, 0.25) is 10.0 Å². The van der Waals surface area contributed by atoms with Gasteiger partial charge in [0.1, 0.15) is 5.75 Å². The number of anilines is 1. The van der Waals surface area contributed by atoms with Crippen LogP contribution in [0.25, 0.3) is 0 Å². The van der Waals surface area contributed by atoms with Crippen LogP contribution in [-0.4, -0.2) is 23.6 Å². The number of aromatic hydroxyl groups is 1. The Morgan fingerprint density at radius 3 is 2.74 bits per heavy atom. The third kappa shape index (κ3) is 3.52. The molecular weight excluding hydrogens is 293 g/mol. The van der Waals surface area contributed by atoms with Crippen LogP contribution in [0.1, 0.15) is 12.8 Å². The SMILES string of the molecule is O=C(C[C@H]1COC(=O)C1)Nc1cc(Cl)c(Cl)cc1O. The van der Waals surface area contributed by atoms with Crippen LogP contribution >= 0.6 is 23.2 Å². The van der Waals surface area contributed by atoms with Crippen LogP contribution in [0.4, 0.5) is 5.69 Å². The molecule has 0 unspecified atom stereocenters. The third-order valence-electron chi connectivity index (χ3n) is 2.72. The lowest BCUT2D eigenvalue weighted by Crippen LogP contribution is -2.16. The van der Waals surface area contributed by atoms with E-state index in [1.807, 2.05) is 0 Å². The van der Waals surface area contributed by atoms with Crippen molar-refractivity contribution in [3.63, 3.8) is 0 Å². The fraction of sp³-hybridized carbons (Fsp3) is 0.333. The summed E-state index contributed by atoms with van der Waals surface area (Å²) in [6, 6.07) is 2.62. The van der Waals surface area contributed by atoms with E-state index in [2.05, 4.69) is 5.32 Å².